The molecule has 5 rings (SSSR count). The Bertz CT molecular complexity index is 1200. The summed E-state index contributed by atoms with van der Waals surface area (Å²) in [5.41, 5.74) is 0.0881. The molecule has 34 heavy (non-hydrogen) atoms. The molecule has 3 aliphatic heterocycles. The topological polar surface area (TPSA) is 104 Å². The first-order chi connectivity index (χ1) is 16.4. The largest absolute Gasteiger partial charge is 0.467 e. The number of nitriles is 1. The third kappa shape index (κ3) is 3.55. The standard InChI is InChI=1S/C23H24ClFN6O3/c1-30-8-9-31(12-13(30)5-7-26)20-19-17(27-22(29-20)33-2)11-23(21(32)28-19)18-14(6-10-34-23)15(24)3-4-16(18)25/h3-4,13H,5-6,8-12H2,1-2H3,(H,28,32). The number of piperazine rings is 1. The quantitative estimate of drug-likeness (QED) is 0.704. The van der Waals surface area contributed by atoms with E-state index in [1.807, 2.05) is 11.9 Å². The fraction of sp³-hybridized carbons (Fsp3) is 0.478. The van der Waals surface area contributed by atoms with E-state index in [-0.39, 0.29) is 30.6 Å². The van der Waals surface area contributed by atoms with E-state index in [1.165, 1.54) is 19.2 Å². The third-order valence-corrected chi connectivity index (χ3v) is 7.22. The van der Waals surface area contributed by atoms with Crippen LogP contribution in [0.25, 0.3) is 0 Å². The van der Waals surface area contributed by atoms with Gasteiger partial charge >= 0.3 is 6.01 Å². The number of amides is 1. The van der Waals surface area contributed by atoms with E-state index in [9.17, 15) is 10.1 Å². The number of likely N-dealkylation sites (N-methyl/N-ethyl adjacent to an activating group) is 1. The van der Waals surface area contributed by atoms with Gasteiger partial charge in [0.1, 0.15) is 11.5 Å². The van der Waals surface area contributed by atoms with Crippen LogP contribution in [0.15, 0.2) is 12.1 Å². The summed E-state index contributed by atoms with van der Waals surface area (Å²) in [4.78, 5) is 26.8. The average Bonchev–Trinajstić information content (AvgIpc) is 2.83. The van der Waals surface area contributed by atoms with Crippen molar-refractivity contribution in [2.45, 2.75) is 30.9 Å². The molecule has 1 fully saturated rings. The van der Waals surface area contributed by atoms with Crippen molar-refractivity contribution < 1.29 is 18.7 Å². The Kier molecular flexibility index (Phi) is 5.80. The summed E-state index contributed by atoms with van der Waals surface area (Å²) >= 11 is 6.36. The number of rotatable bonds is 3. The highest BCUT2D eigenvalue weighted by Gasteiger charge is 2.52. The van der Waals surface area contributed by atoms with Gasteiger partial charge < -0.3 is 19.7 Å². The van der Waals surface area contributed by atoms with E-state index >= 15 is 4.39 Å². The van der Waals surface area contributed by atoms with Crippen molar-refractivity contribution in [1.29, 1.82) is 5.26 Å². The molecule has 178 valence electrons. The third-order valence-electron chi connectivity index (χ3n) is 6.86. The molecule has 1 aromatic carbocycles. The number of nitrogens with zero attached hydrogens (tertiary/aromatic N) is 5. The maximum absolute atomic E-state index is 15.1. The molecule has 3 aliphatic rings. The average molecular weight is 487 g/mol. The van der Waals surface area contributed by atoms with Crippen molar-refractivity contribution in [1.82, 2.24) is 14.9 Å². The van der Waals surface area contributed by atoms with Crippen LogP contribution in [0.1, 0.15) is 23.2 Å². The Morgan fingerprint density at radius 1 is 1.41 bits per heavy atom. The van der Waals surface area contributed by atoms with Gasteiger partial charge in [0.25, 0.3) is 5.91 Å². The molecule has 2 atom stereocenters. The lowest BCUT2D eigenvalue weighted by Gasteiger charge is -2.43. The molecule has 0 aliphatic carbocycles. The first-order valence-electron chi connectivity index (χ1n) is 11.1. The molecule has 1 amide bonds. The number of halogens is 2. The van der Waals surface area contributed by atoms with Crippen LogP contribution in [0.3, 0.4) is 0 Å². The zero-order valence-electron chi connectivity index (χ0n) is 18.9. The lowest BCUT2D eigenvalue weighted by Crippen LogP contribution is -2.53. The smallest absolute Gasteiger partial charge is 0.318 e. The molecule has 2 aromatic rings. The SMILES string of the molecule is COc1nc2c(c(N3CCN(C)C(CC#N)C3)n1)NC(=O)C1(C2)OCCc2c(Cl)ccc(F)c21. The van der Waals surface area contributed by atoms with Gasteiger partial charge in [-0.3, -0.25) is 9.69 Å². The van der Waals surface area contributed by atoms with Crippen molar-refractivity contribution in [3.63, 3.8) is 0 Å². The Morgan fingerprint density at radius 2 is 2.24 bits per heavy atom. The number of methoxy groups -OCH3 is 1. The van der Waals surface area contributed by atoms with Crippen molar-refractivity contribution in [3.05, 3.63) is 39.8 Å². The Morgan fingerprint density at radius 3 is 3.00 bits per heavy atom. The Balaban J connectivity index is 1.60. The minimum atomic E-state index is -1.59. The molecule has 0 radical (unpaired) electrons. The second kappa shape index (κ2) is 8.65. The fourth-order valence-corrected chi connectivity index (χ4v) is 5.29. The predicted molar refractivity (Wildman–Crippen MR) is 123 cm³/mol. The molecule has 11 heteroatoms. The molecule has 1 saturated heterocycles. The number of hydrogen-bond donors (Lipinski definition) is 1. The minimum absolute atomic E-state index is 0.0136. The monoisotopic (exact) mass is 486 g/mol. The van der Waals surface area contributed by atoms with Crippen LogP contribution in [0.4, 0.5) is 15.9 Å². The number of anilines is 2. The number of carbonyl (C=O) groups excluding carboxylic acids is 1. The molecule has 1 aromatic heterocycles. The van der Waals surface area contributed by atoms with Gasteiger partial charge in [0.05, 0.1) is 31.9 Å². The van der Waals surface area contributed by atoms with Crippen molar-refractivity contribution >= 4 is 29.0 Å². The maximum atomic E-state index is 15.1. The Labute approximate surface area is 201 Å². The zero-order chi connectivity index (χ0) is 24.0. The van der Waals surface area contributed by atoms with Crippen LogP contribution < -0.4 is 15.0 Å². The Hall–Kier alpha value is -3.00. The summed E-state index contributed by atoms with van der Waals surface area (Å²) in [6.45, 7) is 2.16. The van der Waals surface area contributed by atoms with Gasteiger partial charge in [-0.25, -0.2) is 4.39 Å². The lowest BCUT2D eigenvalue weighted by molar-refractivity contribution is -0.146. The molecule has 2 unspecified atom stereocenters. The molecule has 1 spiro atoms. The van der Waals surface area contributed by atoms with Crippen LogP contribution in [0.2, 0.25) is 5.02 Å². The van der Waals surface area contributed by atoms with Gasteiger partial charge in [-0.05, 0) is 31.2 Å². The van der Waals surface area contributed by atoms with Gasteiger partial charge in [-0.1, -0.05) is 11.6 Å². The molecule has 0 bridgehead atoms. The molecular formula is C23H24ClFN6O3. The van der Waals surface area contributed by atoms with E-state index in [4.69, 9.17) is 21.1 Å². The van der Waals surface area contributed by atoms with Crippen LogP contribution >= 0.6 is 11.6 Å². The predicted octanol–water partition coefficient (Wildman–Crippen LogP) is 2.27. The molecule has 1 N–H and O–H groups in total. The van der Waals surface area contributed by atoms with Gasteiger partial charge in [-0.2, -0.15) is 15.2 Å². The second-order valence-corrected chi connectivity index (χ2v) is 9.14. The summed E-state index contributed by atoms with van der Waals surface area (Å²) in [7, 11) is 3.45. The van der Waals surface area contributed by atoms with Crippen molar-refractivity contribution in [2.24, 2.45) is 0 Å². The van der Waals surface area contributed by atoms with E-state index in [0.29, 0.717) is 53.7 Å². The molecule has 0 saturated carbocycles. The number of ether oxygens (including phenoxy) is 2. The van der Waals surface area contributed by atoms with E-state index < -0.39 is 17.3 Å². The number of benzene rings is 1. The highest BCUT2D eigenvalue weighted by Crippen LogP contribution is 2.46. The van der Waals surface area contributed by atoms with Crippen LogP contribution in [0.5, 0.6) is 6.01 Å². The lowest BCUT2D eigenvalue weighted by atomic mass is 9.79. The molecule has 4 heterocycles. The fourth-order valence-electron chi connectivity index (χ4n) is 5.04. The van der Waals surface area contributed by atoms with Crippen LogP contribution in [-0.2, 0) is 28.0 Å². The number of aromatic nitrogens is 2. The summed E-state index contributed by atoms with van der Waals surface area (Å²) < 4.78 is 26.4. The van der Waals surface area contributed by atoms with Crippen LogP contribution in [-0.4, -0.2) is 67.2 Å². The number of fused-ring (bicyclic) bond motifs is 3. The van der Waals surface area contributed by atoms with Crippen molar-refractivity contribution in [3.8, 4) is 12.1 Å². The normalized spacial score (nSPS) is 24.3. The van der Waals surface area contributed by atoms with E-state index in [1.54, 1.807) is 0 Å². The first-order valence-corrected chi connectivity index (χ1v) is 11.5. The van der Waals surface area contributed by atoms with Crippen LogP contribution in [0, 0.1) is 17.1 Å². The first kappa shape index (κ1) is 22.8. The summed E-state index contributed by atoms with van der Waals surface area (Å²) in [5, 5.41) is 12.5. The summed E-state index contributed by atoms with van der Waals surface area (Å²) in [6, 6.07) is 5.14. The van der Waals surface area contributed by atoms with Gasteiger partial charge in [0, 0.05) is 42.7 Å². The zero-order valence-corrected chi connectivity index (χ0v) is 19.7. The number of nitrogens with one attached hydrogen (secondary N) is 1. The minimum Gasteiger partial charge on any atom is -0.467 e. The van der Waals surface area contributed by atoms with Gasteiger partial charge in [0.15, 0.2) is 11.4 Å². The highest BCUT2D eigenvalue weighted by atomic mass is 35.5. The number of hydrogen-bond acceptors (Lipinski definition) is 8. The molecule has 9 nitrogen and oxygen atoms in total. The number of carbonyl (C=O) groups is 1. The van der Waals surface area contributed by atoms with Gasteiger partial charge in [0.2, 0.25) is 0 Å². The van der Waals surface area contributed by atoms with E-state index in [2.05, 4.69) is 26.3 Å². The summed E-state index contributed by atoms with van der Waals surface area (Å²) in [5.74, 6) is -0.513. The van der Waals surface area contributed by atoms with Crippen molar-refractivity contribution in [2.75, 3.05) is 50.6 Å². The summed E-state index contributed by atoms with van der Waals surface area (Å²) in [6.07, 6.45) is 0.797. The molecular weight excluding hydrogens is 463 g/mol. The maximum Gasteiger partial charge on any atom is 0.318 e. The second-order valence-electron chi connectivity index (χ2n) is 8.74. The highest BCUT2D eigenvalue weighted by molar-refractivity contribution is 6.31. The van der Waals surface area contributed by atoms with E-state index in [0.717, 1.165) is 6.54 Å². The van der Waals surface area contributed by atoms with Gasteiger partial charge in [-0.15, -0.1) is 0 Å².